The Morgan fingerprint density at radius 1 is 0.917 bits per heavy atom. The van der Waals surface area contributed by atoms with Crippen molar-refractivity contribution in [1.82, 2.24) is 14.7 Å². The molecule has 0 saturated carbocycles. The molecule has 8 nitrogen and oxygen atoms in total. The Bertz CT molecular complexity index is 1010. The number of nitrogens with zero attached hydrogens (tertiary/aromatic N) is 3. The number of piperazine rings is 1. The second kappa shape index (κ2) is 13.8. The molecule has 2 aromatic carbocycles. The van der Waals surface area contributed by atoms with E-state index in [0.717, 1.165) is 29.8 Å². The number of carbonyl (C=O) groups is 3. The number of para-hydroxylation sites is 2. The number of rotatable bonds is 11. The lowest BCUT2D eigenvalue weighted by molar-refractivity contribution is -0.135. The molecule has 2 N–H and O–H groups in total. The van der Waals surface area contributed by atoms with E-state index in [-0.39, 0.29) is 24.3 Å². The lowest BCUT2D eigenvalue weighted by Crippen LogP contribution is -2.54. The lowest BCUT2D eigenvalue weighted by Gasteiger charge is -2.36. The maximum atomic E-state index is 13.1. The van der Waals surface area contributed by atoms with Gasteiger partial charge in [-0.15, -0.1) is 0 Å². The quantitative estimate of drug-likeness (QED) is 0.503. The molecule has 194 valence electrons. The number of benzene rings is 2. The van der Waals surface area contributed by atoms with Gasteiger partial charge < -0.3 is 15.5 Å². The molecule has 0 radical (unpaired) electrons. The molecule has 1 atom stereocenters. The highest BCUT2D eigenvalue weighted by Gasteiger charge is 2.27. The molecule has 2 aromatic rings. The summed E-state index contributed by atoms with van der Waals surface area (Å²) in [5.41, 5.74) is 2.72. The molecular weight excluding hydrogens is 454 g/mol. The molecule has 1 heterocycles. The van der Waals surface area contributed by atoms with Crippen molar-refractivity contribution in [3.8, 4) is 0 Å². The minimum Gasteiger partial charge on any atom is -0.339 e. The van der Waals surface area contributed by atoms with Crippen molar-refractivity contribution in [3.05, 3.63) is 60.2 Å². The summed E-state index contributed by atoms with van der Waals surface area (Å²) in [6, 6.07) is 16.8. The zero-order chi connectivity index (χ0) is 25.9. The van der Waals surface area contributed by atoms with Crippen LogP contribution in [0.15, 0.2) is 54.6 Å². The van der Waals surface area contributed by atoms with Gasteiger partial charge in [-0.05, 0) is 50.1 Å². The van der Waals surface area contributed by atoms with E-state index in [1.165, 1.54) is 0 Å². The summed E-state index contributed by atoms with van der Waals surface area (Å²) in [5.74, 6) is -0.144. The largest absolute Gasteiger partial charge is 0.339 e. The number of hydrogen-bond acceptors (Lipinski definition) is 5. The van der Waals surface area contributed by atoms with Crippen LogP contribution < -0.4 is 10.6 Å². The average Bonchev–Trinajstić information content (AvgIpc) is 2.89. The molecule has 1 fully saturated rings. The number of hydrogen-bond donors (Lipinski definition) is 2. The Labute approximate surface area is 214 Å². The first-order valence-corrected chi connectivity index (χ1v) is 12.9. The van der Waals surface area contributed by atoms with E-state index in [9.17, 15) is 14.4 Å². The van der Waals surface area contributed by atoms with Crippen LogP contribution in [0.2, 0.25) is 0 Å². The predicted octanol–water partition coefficient (Wildman–Crippen LogP) is 3.07. The van der Waals surface area contributed by atoms with Gasteiger partial charge in [0.1, 0.15) is 0 Å². The fourth-order valence-corrected chi connectivity index (χ4v) is 4.40. The summed E-state index contributed by atoms with van der Waals surface area (Å²) < 4.78 is 0. The van der Waals surface area contributed by atoms with E-state index in [2.05, 4.69) is 22.5 Å². The van der Waals surface area contributed by atoms with Crippen molar-refractivity contribution in [2.75, 3.05) is 56.4 Å². The summed E-state index contributed by atoms with van der Waals surface area (Å²) in [7, 11) is 0. The van der Waals surface area contributed by atoms with Crippen molar-refractivity contribution in [3.63, 3.8) is 0 Å². The average molecular weight is 494 g/mol. The van der Waals surface area contributed by atoms with Gasteiger partial charge in [-0.1, -0.05) is 50.2 Å². The first kappa shape index (κ1) is 27.4. The van der Waals surface area contributed by atoms with Crippen LogP contribution in [-0.2, 0) is 20.8 Å². The van der Waals surface area contributed by atoms with Gasteiger partial charge in [-0.2, -0.15) is 0 Å². The molecule has 1 unspecified atom stereocenters. The van der Waals surface area contributed by atoms with Gasteiger partial charge in [0.25, 0.3) is 0 Å². The van der Waals surface area contributed by atoms with E-state index in [1.807, 2.05) is 78.2 Å². The van der Waals surface area contributed by atoms with Gasteiger partial charge in [0.2, 0.25) is 17.7 Å². The van der Waals surface area contributed by atoms with Crippen molar-refractivity contribution < 1.29 is 14.4 Å². The topological polar surface area (TPSA) is 85.0 Å². The second-order valence-corrected chi connectivity index (χ2v) is 9.22. The van der Waals surface area contributed by atoms with Gasteiger partial charge in [0.15, 0.2) is 0 Å². The third-order valence-corrected chi connectivity index (χ3v) is 6.58. The van der Waals surface area contributed by atoms with Gasteiger partial charge in [0.05, 0.1) is 19.1 Å². The highest BCUT2D eigenvalue weighted by Crippen LogP contribution is 2.16. The van der Waals surface area contributed by atoms with Crippen molar-refractivity contribution in [2.24, 2.45) is 0 Å². The third kappa shape index (κ3) is 7.90. The molecule has 8 heteroatoms. The normalized spacial score (nSPS) is 14.9. The zero-order valence-electron chi connectivity index (χ0n) is 21.7. The van der Waals surface area contributed by atoms with Gasteiger partial charge in [-0.25, -0.2) is 0 Å². The fraction of sp³-hybridized carbons (Fsp3) is 0.464. The van der Waals surface area contributed by atoms with Gasteiger partial charge in [-0.3, -0.25) is 24.2 Å². The number of anilines is 2. The molecule has 3 amide bonds. The molecule has 3 rings (SSSR count). The Morgan fingerprint density at radius 2 is 1.58 bits per heavy atom. The smallest absolute Gasteiger partial charge is 0.241 e. The van der Waals surface area contributed by atoms with Crippen LogP contribution in [-0.4, -0.2) is 84.3 Å². The monoisotopic (exact) mass is 493 g/mol. The summed E-state index contributed by atoms with van der Waals surface area (Å²) in [6.07, 6.45) is 1.71. The molecule has 0 spiro atoms. The molecule has 36 heavy (non-hydrogen) atoms. The predicted molar refractivity (Wildman–Crippen MR) is 144 cm³/mol. The van der Waals surface area contributed by atoms with E-state index >= 15 is 0 Å². The van der Waals surface area contributed by atoms with Gasteiger partial charge in [0, 0.05) is 37.6 Å². The lowest BCUT2D eigenvalue weighted by atomic mass is 10.1. The molecule has 0 bridgehead atoms. The zero-order valence-corrected chi connectivity index (χ0v) is 21.7. The molecular formula is C28H39N5O3. The van der Waals surface area contributed by atoms with E-state index < -0.39 is 6.04 Å². The first-order chi connectivity index (χ1) is 17.4. The minimum atomic E-state index is -0.426. The SMILES string of the molecule is CCCN(CC(=O)N1CCN(CC(=O)Nc2ccccc2CC)CC1)C(C)C(=O)Nc1ccccc1. The van der Waals surface area contributed by atoms with Crippen LogP contribution >= 0.6 is 0 Å². The van der Waals surface area contributed by atoms with E-state index in [1.54, 1.807) is 0 Å². The van der Waals surface area contributed by atoms with Crippen molar-refractivity contribution in [2.45, 2.75) is 39.7 Å². The second-order valence-electron chi connectivity index (χ2n) is 9.22. The number of carbonyl (C=O) groups excluding carboxylic acids is 3. The minimum absolute atomic E-state index is 0.0174. The third-order valence-electron chi connectivity index (χ3n) is 6.58. The highest BCUT2D eigenvalue weighted by molar-refractivity contribution is 5.95. The number of aryl methyl sites for hydroxylation is 1. The van der Waals surface area contributed by atoms with Crippen LogP contribution in [0.25, 0.3) is 0 Å². The van der Waals surface area contributed by atoms with E-state index in [0.29, 0.717) is 39.3 Å². The van der Waals surface area contributed by atoms with Crippen molar-refractivity contribution in [1.29, 1.82) is 0 Å². The Hall–Kier alpha value is -3.23. The summed E-state index contributed by atoms with van der Waals surface area (Å²) in [6.45, 7) is 9.55. The first-order valence-electron chi connectivity index (χ1n) is 12.9. The van der Waals surface area contributed by atoms with Gasteiger partial charge >= 0.3 is 0 Å². The molecule has 0 aromatic heterocycles. The van der Waals surface area contributed by atoms with Crippen LogP contribution in [0.5, 0.6) is 0 Å². The highest BCUT2D eigenvalue weighted by atomic mass is 16.2. The van der Waals surface area contributed by atoms with Crippen LogP contribution in [0.3, 0.4) is 0 Å². The summed E-state index contributed by atoms with van der Waals surface area (Å²) in [5, 5.41) is 5.95. The molecule has 0 aliphatic carbocycles. The summed E-state index contributed by atoms with van der Waals surface area (Å²) >= 11 is 0. The van der Waals surface area contributed by atoms with E-state index in [4.69, 9.17) is 0 Å². The molecule has 1 aliphatic heterocycles. The Kier molecular flexibility index (Phi) is 10.5. The Morgan fingerprint density at radius 3 is 2.25 bits per heavy atom. The maximum absolute atomic E-state index is 13.1. The molecule has 1 aliphatic rings. The number of amides is 3. The maximum Gasteiger partial charge on any atom is 0.241 e. The molecule has 1 saturated heterocycles. The van der Waals surface area contributed by atoms with Crippen LogP contribution in [0.4, 0.5) is 11.4 Å². The summed E-state index contributed by atoms with van der Waals surface area (Å²) in [4.78, 5) is 44.3. The Balaban J connectivity index is 1.47. The number of nitrogens with one attached hydrogen (secondary N) is 2. The fourth-order valence-electron chi connectivity index (χ4n) is 4.40. The van der Waals surface area contributed by atoms with Crippen molar-refractivity contribution >= 4 is 29.1 Å². The van der Waals surface area contributed by atoms with Crippen LogP contribution in [0, 0.1) is 0 Å². The standard InChI is InChI=1S/C28H39N5O3/c1-4-15-33(22(3)28(36)29-24-12-7-6-8-13-24)21-27(35)32-18-16-31(17-19-32)20-26(34)30-25-14-10-9-11-23(25)5-2/h6-14,22H,4-5,15-21H2,1-3H3,(H,29,36)(H,30,34). The van der Waals surface area contributed by atoms with Crippen LogP contribution in [0.1, 0.15) is 32.8 Å².